The summed E-state index contributed by atoms with van der Waals surface area (Å²) in [7, 11) is 1.54. The van der Waals surface area contributed by atoms with Crippen LogP contribution in [0.4, 0.5) is 0 Å². The van der Waals surface area contributed by atoms with Crippen LogP contribution in [0.15, 0.2) is 41.9 Å². The molecular weight excluding hydrogens is 378 g/mol. The number of carbonyl (C=O) groups is 2. The van der Waals surface area contributed by atoms with Gasteiger partial charge in [0, 0.05) is 23.7 Å². The maximum Gasteiger partial charge on any atom is 0.308 e. The number of nitrogens with zero attached hydrogens (tertiary/aromatic N) is 1. The van der Waals surface area contributed by atoms with Gasteiger partial charge in [0.15, 0.2) is 0 Å². The molecule has 146 valence electrons. The number of benzene rings is 1. The molecule has 0 aliphatic heterocycles. The molecule has 3 rings (SSSR count). The summed E-state index contributed by atoms with van der Waals surface area (Å²) in [5.74, 6) is -1.47. The zero-order valence-electron chi connectivity index (χ0n) is 15.6. The van der Waals surface area contributed by atoms with E-state index in [1.54, 1.807) is 25.4 Å². The van der Waals surface area contributed by atoms with Gasteiger partial charge in [0.25, 0.3) is 5.91 Å². The number of para-hydroxylation sites is 1. The fourth-order valence-electron chi connectivity index (χ4n) is 2.86. The predicted octanol–water partition coefficient (Wildman–Crippen LogP) is 3.13. The zero-order chi connectivity index (χ0) is 20.1. The molecule has 0 saturated carbocycles. The number of methoxy groups -OCH3 is 1. The smallest absolute Gasteiger partial charge is 0.308 e. The number of rotatable bonds is 8. The molecule has 0 aliphatic rings. The Bertz CT molecular complexity index is 979. The number of H-pyrrole nitrogens is 1. The molecule has 28 heavy (non-hydrogen) atoms. The van der Waals surface area contributed by atoms with Crippen molar-refractivity contribution in [3.8, 4) is 17.0 Å². The second-order valence-electron chi connectivity index (χ2n) is 6.31. The molecule has 1 atom stereocenters. The number of carbonyl (C=O) groups excluding carboxylic acids is 1. The molecule has 1 aromatic carbocycles. The summed E-state index contributed by atoms with van der Waals surface area (Å²) < 4.78 is 5.28. The number of aromatic nitrogens is 2. The molecule has 3 N–H and O–H groups in total. The minimum absolute atomic E-state index is 0.0103. The highest BCUT2D eigenvalue weighted by Crippen LogP contribution is 2.23. The topological polar surface area (TPSA) is 104 Å². The van der Waals surface area contributed by atoms with E-state index in [9.17, 15) is 14.7 Å². The molecule has 8 heteroatoms. The summed E-state index contributed by atoms with van der Waals surface area (Å²) in [6.07, 6.45) is 1.97. The minimum Gasteiger partial charge on any atom is -0.496 e. The lowest BCUT2D eigenvalue weighted by atomic mass is 9.98. The average molecular weight is 399 g/mol. The van der Waals surface area contributed by atoms with Gasteiger partial charge in [-0.15, -0.1) is 11.3 Å². The zero-order valence-corrected chi connectivity index (χ0v) is 16.4. The third kappa shape index (κ3) is 4.58. The van der Waals surface area contributed by atoms with Gasteiger partial charge in [-0.05, 0) is 31.0 Å². The van der Waals surface area contributed by atoms with E-state index in [2.05, 4.69) is 15.3 Å². The highest BCUT2D eigenvalue weighted by atomic mass is 32.1. The number of hydrogen-bond acceptors (Lipinski definition) is 5. The first-order valence-electron chi connectivity index (χ1n) is 8.71. The van der Waals surface area contributed by atoms with Crippen LogP contribution in [0.25, 0.3) is 11.3 Å². The van der Waals surface area contributed by atoms with Crippen molar-refractivity contribution in [2.75, 3.05) is 13.7 Å². The fraction of sp³-hybridized carbons (Fsp3) is 0.250. The Labute approximate surface area is 166 Å². The molecule has 2 heterocycles. The summed E-state index contributed by atoms with van der Waals surface area (Å²) in [5, 5.41) is 15.1. The van der Waals surface area contributed by atoms with Crippen molar-refractivity contribution in [3.05, 3.63) is 58.2 Å². The van der Waals surface area contributed by atoms with E-state index in [0.717, 1.165) is 21.8 Å². The normalized spacial score (nSPS) is 11.8. The molecule has 1 amide bonds. The Morgan fingerprint density at radius 2 is 2.14 bits per heavy atom. The maximum atomic E-state index is 12.4. The largest absolute Gasteiger partial charge is 0.496 e. The lowest BCUT2D eigenvalue weighted by Crippen LogP contribution is -2.34. The van der Waals surface area contributed by atoms with Crippen LogP contribution in [-0.4, -0.2) is 40.6 Å². The van der Waals surface area contributed by atoms with Crippen LogP contribution in [0.3, 0.4) is 0 Å². The van der Waals surface area contributed by atoms with Gasteiger partial charge in [0.2, 0.25) is 0 Å². The van der Waals surface area contributed by atoms with Crippen molar-refractivity contribution in [2.45, 2.75) is 13.3 Å². The first-order valence-corrected chi connectivity index (χ1v) is 9.59. The fourth-order valence-corrected chi connectivity index (χ4v) is 3.49. The van der Waals surface area contributed by atoms with E-state index in [1.165, 1.54) is 11.3 Å². The Morgan fingerprint density at radius 1 is 1.36 bits per heavy atom. The molecule has 0 spiro atoms. The van der Waals surface area contributed by atoms with Gasteiger partial charge >= 0.3 is 5.97 Å². The third-order valence-electron chi connectivity index (χ3n) is 4.36. The predicted molar refractivity (Wildman–Crippen MR) is 107 cm³/mol. The second-order valence-corrected chi connectivity index (χ2v) is 7.38. The molecule has 0 aliphatic carbocycles. The summed E-state index contributed by atoms with van der Waals surface area (Å²) >= 11 is 1.54. The highest BCUT2D eigenvalue weighted by Gasteiger charge is 2.21. The van der Waals surface area contributed by atoms with E-state index >= 15 is 0 Å². The number of aromatic amines is 1. The van der Waals surface area contributed by atoms with Crippen LogP contribution in [0, 0.1) is 12.8 Å². The molecule has 3 aromatic rings. The van der Waals surface area contributed by atoms with Crippen molar-refractivity contribution in [1.82, 2.24) is 15.3 Å². The summed E-state index contributed by atoms with van der Waals surface area (Å²) in [4.78, 5) is 31.4. The number of carboxylic acids is 1. The molecule has 2 aromatic heterocycles. The SMILES string of the molecule is COc1ccccc1CC(CNC(=O)c1cc(-c2csc(C)n2)c[nH]1)C(=O)O. The van der Waals surface area contributed by atoms with Crippen LogP contribution < -0.4 is 10.1 Å². The van der Waals surface area contributed by atoms with Gasteiger partial charge in [-0.1, -0.05) is 18.2 Å². The molecule has 0 bridgehead atoms. The number of carboxylic acid groups (broad SMARTS) is 1. The van der Waals surface area contributed by atoms with Crippen LogP contribution in [0.5, 0.6) is 5.75 Å². The highest BCUT2D eigenvalue weighted by molar-refractivity contribution is 7.09. The van der Waals surface area contributed by atoms with Crippen LogP contribution in [0.2, 0.25) is 0 Å². The molecule has 0 saturated heterocycles. The van der Waals surface area contributed by atoms with Gasteiger partial charge < -0.3 is 20.1 Å². The Balaban J connectivity index is 1.64. The average Bonchev–Trinajstić information content (AvgIpc) is 3.34. The van der Waals surface area contributed by atoms with E-state index in [4.69, 9.17) is 4.74 Å². The van der Waals surface area contributed by atoms with Gasteiger partial charge in [0.1, 0.15) is 11.4 Å². The number of aryl methyl sites for hydroxylation is 1. The maximum absolute atomic E-state index is 12.4. The summed E-state index contributed by atoms with van der Waals surface area (Å²) in [6.45, 7) is 1.93. The number of amides is 1. The first-order chi connectivity index (χ1) is 13.5. The van der Waals surface area contributed by atoms with E-state index in [1.807, 2.05) is 30.5 Å². The number of thiazole rings is 1. The second kappa shape index (κ2) is 8.71. The minimum atomic E-state index is -0.976. The van der Waals surface area contributed by atoms with Crippen LogP contribution in [0.1, 0.15) is 21.1 Å². The lowest BCUT2D eigenvalue weighted by molar-refractivity contribution is -0.141. The number of aliphatic carboxylic acids is 1. The van der Waals surface area contributed by atoms with E-state index in [-0.39, 0.29) is 18.9 Å². The van der Waals surface area contributed by atoms with Crippen molar-refractivity contribution in [2.24, 2.45) is 5.92 Å². The van der Waals surface area contributed by atoms with Crippen molar-refractivity contribution >= 4 is 23.2 Å². The van der Waals surface area contributed by atoms with Gasteiger partial charge in [-0.3, -0.25) is 9.59 Å². The quantitative estimate of drug-likeness (QED) is 0.540. The molecule has 0 radical (unpaired) electrons. The third-order valence-corrected chi connectivity index (χ3v) is 5.13. The van der Waals surface area contributed by atoms with E-state index < -0.39 is 11.9 Å². The van der Waals surface area contributed by atoms with Crippen molar-refractivity contribution < 1.29 is 19.4 Å². The first kappa shape index (κ1) is 19.6. The molecule has 1 unspecified atom stereocenters. The van der Waals surface area contributed by atoms with E-state index in [0.29, 0.717) is 11.4 Å². The molecule has 0 fully saturated rings. The molecular formula is C20H21N3O4S. The monoisotopic (exact) mass is 399 g/mol. The van der Waals surface area contributed by atoms with Crippen LogP contribution in [-0.2, 0) is 11.2 Å². The van der Waals surface area contributed by atoms with Gasteiger partial charge in [-0.2, -0.15) is 0 Å². The Morgan fingerprint density at radius 3 is 2.82 bits per heavy atom. The Hall–Kier alpha value is -3.13. The van der Waals surface area contributed by atoms with Gasteiger partial charge in [0.05, 0.1) is 23.7 Å². The van der Waals surface area contributed by atoms with Crippen molar-refractivity contribution in [3.63, 3.8) is 0 Å². The van der Waals surface area contributed by atoms with Crippen LogP contribution >= 0.6 is 11.3 Å². The Kier molecular flexibility index (Phi) is 6.10. The number of ether oxygens (including phenoxy) is 1. The van der Waals surface area contributed by atoms with Crippen molar-refractivity contribution in [1.29, 1.82) is 0 Å². The number of hydrogen-bond donors (Lipinski definition) is 3. The van der Waals surface area contributed by atoms with Gasteiger partial charge in [-0.25, -0.2) is 4.98 Å². The lowest BCUT2D eigenvalue weighted by Gasteiger charge is -2.15. The summed E-state index contributed by atoms with van der Waals surface area (Å²) in [5.41, 5.74) is 2.77. The standard InChI is InChI=1S/C20H21N3O4S/c1-12-23-17(11-28-12)14-8-16(21-9-14)19(24)22-10-15(20(25)26)7-13-5-3-4-6-18(13)27-2/h3-6,8-9,11,15,21H,7,10H2,1-2H3,(H,22,24)(H,25,26). The summed E-state index contributed by atoms with van der Waals surface area (Å²) in [6, 6.07) is 8.97. The number of nitrogens with one attached hydrogen (secondary N) is 2. The molecule has 7 nitrogen and oxygen atoms in total.